The summed E-state index contributed by atoms with van der Waals surface area (Å²) in [6, 6.07) is 70.5. The largest absolute Gasteiger partial charge is 0.309 e. The number of hydrogen-bond donors (Lipinski definition) is 0. The lowest BCUT2D eigenvalue weighted by Gasteiger charge is -2.18. The maximum absolute atomic E-state index is 2.49. The third-order valence-electron chi connectivity index (χ3n) is 10.1. The van der Waals surface area contributed by atoms with E-state index in [0.717, 1.165) is 11.4 Å². The van der Waals surface area contributed by atoms with E-state index < -0.39 is 0 Å². The lowest BCUT2D eigenvalue weighted by Crippen LogP contribution is -2.00. The van der Waals surface area contributed by atoms with Crippen LogP contribution in [-0.2, 0) is 0 Å². The molecular formula is C48H32N2. The van der Waals surface area contributed by atoms with E-state index in [0.29, 0.717) is 0 Å². The van der Waals surface area contributed by atoms with Gasteiger partial charge < -0.3 is 9.13 Å². The van der Waals surface area contributed by atoms with E-state index >= 15 is 0 Å². The Morgan fingerprint density at radius 3 is 1.32 bits per heavy atom. The highest BCUT2D eigenvalue weighted by atomic mass is 15.0. The van der Waals surface area contributed by atoms with Gasteiger partial charge in [0.1, 0.15) is 0 Å². The highest BCUT2D eigenvalue weighted by Crippen LogP contribution is 2.43. The molecular weight excluding hydrogens is 605 g/mol. The molecule has 2 aromatic heterocycles. The Bertz CT molecular complexity index is 2740. The third kappa shape index (κ3) is 4.43. The lowest BCUT2D eigenvalue weighted by molar-refractivity contribution is 1.17. The predicted molar refractivity (Wildman–Crippen MR) is 211 cm³/mol. The minimum Gasteiger partial charge on any atom is -0.309 e. The molecule has 0 spiro atoms. The minimum absolute atomic E-state index is 1.14. The molecule has 0 saturated carbocycles. The van der Waals surface area contributed by atoms with E-state index in [9.17, 15) is 0 Å². The van der Waals surface area contributed by atoms with Gasteiger partial charge in [0.05, 0.1) is 27.8 Å². The zero-order chi connectivity index (χ0) is 33.0. The number of para-hydroxylation sites is 5. The maximum Gasteiger partial charge on any atom is 0.0620 e. The normalized spacial score (nSPS) is 11.6. The van der Waals surface area contributed by atoms with Crippen LogP contribution in [0, 0.1) is 0 Å². The Balaban J connectivity index is 1.31. The average molecular weight is 637 g/mol. The number of rotatable bonds is 5. The second-order valence-corrected chi connectivity index (χ2v) is 12.9. The number of nitrogens with zero attached hydrogens (tertiary/aromatic N) is 2. The quantitative estimate of drug-likeness (QED) is 0.178. The summed E-state index contributed by atoms with van der Waals surface area (Å²) in [5.74, 6) is 0. The van der Waals surface area contributed by atoms with Crippen LogP contribution in [0.3, 0.4) is 0 Å². The first-order valence-electron chi connectivity index (χ1n) is 17.2. The van der Waals surface area contributed by atoms with Crippen molar-refractivity contribution in [1.29, 1.82) is 0 Å². The molecule has 0 N–H and O–H groups in total. The third-order valence-corrected chi connectivity index (χ3v) is 10.1. The van der Waals surface area contributed by atoms with E-state index in [-0.39, 0.29) is 0 Å². The Kier molecular flexibility index (Phi) is 6.53. The highest BCUT2D eigenvalue weighted by molar-refractivity contribution is 6.15. The molecule has 0 aliphatic rings. The number of aromatic nitrogens is 2. The van der Waals surface area contributed by atoms with Crippen molar-refractivity contribution in [3.8, 4) is 44.8 Å². The average Bonchev–Trinajstić information content (AvgIpc) is 3.72. The second kappa shape index (κ2) is 11.5. The van der Waals surface area contributed by atoms with Crippen molar-refractivity contribution >= 4 is 43.6 Å². The van der Waals surface area contributed by atoms with E-state index in [1.807, 2.05) is 0 Å². The molecule has 2 heteroatoms. The molecule has 2 heterocycles. The van der Waals surface area contributed by atoms with Crippen LogP contribution in [0.25, 0.3) is 88.4 Å². The topological polar surface area (TPSA) is 9.86 Å². The molecule has 8 aromatic carbocycles. The van der Waals surface area contributed by atoms with Crippen LogP contribution in [-0.4, -0.2) is 9.13 Å². The molecule has 50 heavy (non-hydrogen) atoms. The van der Waals surface area contributed by atoms with Crippen LogP contribution in [0.4, 0.5) is 0 Å². The van der Waals surface area contributed by atoms with Gasteiger partial charge in [0.25, 0.3) is 0 Å². The van der Waals surface area contributed by atoms with Crippen LogP contribution >= 0.6 is 0 Å². The van der Waals surface area contributed by atoms with Crippen molar-refractivity contribution in [3.63, 3.8) is 0 Å². The van der Waals surface area contributed by atoms with Gasteiger partial charge in [0, 0.05) is 38.4 Å². The first kappa shape index (κ1) is 28.4. The number of fused-ring (bicyclic) bond motifs is 6. The molecule has 0 amide bonds. The predicted octanol–water partition coefficient (Wildman–Crippen LogP) is 12.9. The van der Waals surface area contributed by atoms with Crippen molar-refractivity contribution in [2.45, 2.75) is 0 Å². The zero-order valence-corrected chi connectivity index (χ0v) is 27.4. The molecule has 0 atom stereocenters. The van der Waals surface area contributed by atoms with Crippen molar-refractivity contribution in [3.05, 3.63) is 194 Å². The number of benzene rings is 8. The van der Waals surface area contributed by atoms with E-state index in [1.165, 1.54) is 77.0 Å². The smallest absolute Gasteiger partial charge is 0.0620 e. The minimum atomic E-state index is 1.14. The SMILES string of the molecule is c1ccc(-c2cc(-c3ccccc3)cc(-n3c4ccccc4c4cccc(-c5ccccc5-n5c6ccccc6c6ccccc65)c43)c2)cc1. The molecule has 0 radical (unpaired) electrons. The monoisotopic (exact) mass is 636 g/mol. The molecule has 234 valence electrons. The molecule has 10 rings (SSSR count). The van der Waals surface area contributed by atoms with Crippen LogP contribution in [0.2, 0.25) is 0 Å². The Hall–Kier alpha value is -6.64. The first-order valence-corrected chi connectivity index (χ1v) is 17.2. The summed E-state index contributed by atoms with van der Waals surface area (Å²) >= 11 is 0. The molecule has 0 unspecified atom stereocenters. The molecule has 0 fully saturated rings. The van der Waals surface area contributed by atoms with Crippen molar-refractivity contribution in [2.24, 2.45) is 0 Å². The van der Waals surface area contributed by atoms with Crippen LogP contribution in [0.1, 0.15) is 0 Å². The van der Waals surface area contributed by atoms with Crippen molar-refractivity contribution < 1.29 is 0 Å². The first-order chi connectivity index (χ1) is 24.8. The number of hydrogen-bond acceptors (Lipinski definition) is 0. The van der Waals surface area contributed by atoms with Crippen molar-refractivity contribution in [2.75, 3.05) is 0 Å². The second-order valence-electron chi connectivity index (χ2n) is 12.9. The standard InChI is InChI=1S/C48H32N2/c1-3-16-33(17-4-1)35-30-36(34-18-5-2-6-19-34)32-37(31-35)49-44-26-11-9-22-40(44)42-24-15-25-43(48(42)49)41-23-10-14-29-47(41)50-45-27-12-7-20-38(45)39-21-8-13-28-46(39)50/h1-32H. The maximum atomic E-state index is 2.49. The summed E-state index contributed by atoms with van der Waals surface area (Å²) in [5, 5.41) is 5.00. The fourth-order valence-electron chi connectivity index (χ4n) is 7.92. The van der Waals surface area contributed by atoms with Gasteiger partial charge in [-0.3, -0.25) is 0 Å². The van der Waals surface area contributed by atoms with Crippen molar-refractivity contribution in [1.82, 2.24) is 9.13 Å². The summed E-state index contributed by atoms with van der Waals surface area (Å²) in [7, 11) is 0. The van der Waals surface area contributed by atoms with E-state index in [1.54, 1.807) is 0 Å². The molecule has 0 bridgehead atoms. The van der Waals surface area contributed by atoms with Gasteiger partial charge in [-0.25, -0.2) is 0 Å². The Morgan fingerprint density at radius 1 is 0.280 bits per heavy atom. The Labute approximate surface area is 290 Å². The fourth-order valence-corrected chi connectivity index (χ4v) is 7.92. The van der Waals surface area contributed by atoms with Crippen LogP contribution in [0.15, 0.2) is 194 Å². The van der Waals surface area contributed by atoms with Crippen LogP contribution < -0.4 is 0 Å². The zero-order valence-electron chi connectivity index (χ0n) is 27.4. The van der Waals surface area contributed by atoms with Gasteiger partial charge in [-0.1, -0.05) is 152 Å². The fraction of sp³-hybridized carbons (Fsp3) is 0. The molecule has 0 saturated heterocycles. The molecule has 10 aromatic rings. The van der Waals surface area contributed by atoms with Gasteiger partial charge in [0.15, 0.2) is 0 Å². The Morgan fingerprint density at radius 2 is 0.720 bits per heavy atom. The van der Waals surface area contributed by atoms with Gasteiger partial charge in [-0.2, -0.15) is 0 Å². The summed E-state index contributed by atoms with van der Waals surface area (Å²) in [6.07, 6.45) is 0. The summed E-state index contributed by atoms with van der Waals surface area (Å²) in [4.78, 5) is 0. The van der Waals surface area contributed by atoms with E-state index in [2.05, 4.69) is 203 Å². The molecule has 2 nitrogen and oxygen atoms in total. The summed E-state index contributed by atoms with van der Waals surface area (Å²) in [5.41, 5.74) is 14.3. The van der Waals surface area contributed by atoms with Crippen LogP contribution in [0.5, 0.6) is 0 Å². The molecule has 0 aliphatic carbocycles. The summed E-state index contributed by atoms with van der Waals surface area (Å²) in [6.45, 7) is 0. The van der Waals surface area contributed by atoms with Gasteiger partial charge >= 0.3 is 0 Å². The van der Waals surface area contributed by atoms with Gasteiger partial charge in [0.2, 0.25) is 0 Å². The van der Waals surface area contributed by atoms with Gasteiger partial charge in [-0.05, 0) is 64.7 Å². The molecule has 0 aliphatic heterocycles. The summed E-state index contributed by atoms with van der Waals surface area (Å²) < 4.78 is 4.93. The van der Waals surface area contributed by atoms with Gasteiger partial charge in [-0.15, -0.1) is 0 Å². The lowest BCUT2D eigenvalue weighted by atomic mass is 9.97. The van der Waals surface area contributed by atoms with E-state index in [4.69, 9.17) is 0 Å². The highest BCUT2D eigenvalue weighted by Gasteiger charge is 2.21.